The first-order valence-corrected chi connectivity index (χ1v) is 6.05. The van der Waals surface area contributed by atoms with Gasteiger partial charge < -0.3 is 0 Å². The minimum absolute atomic E-state index is 0.250. The van der Waals surface area contributed by atoms with Crippen LogP contribution in [0, 0.1) is 0 Å². The van der Waals surface area contributed by atoms with Crippen LogP contribution in [0.25, 0.3) is 0 Å². The molecule has 0 aromatic rings. The lowest BCUT2D eigenvalue weighted by molar-refractivity contribution is -0.149. The van der Waals surface area contributed by atoms with Crippen LogP contribution in [0.15, 0.2) is 0 Å². The van der Waals surface area contributed by atoms with E-state index in [1.807, 2.05) is 4.90 Å². The lowest BCUT2D eigenvalue weighted by Gasteiger charge is -2.41. The molecule has 1 aliphatic carbocycles. The number of Topliss-reactive ketones (excluding diaryl/α,β-unsaturated/α-hetero) is 1. The van der Waals surface area contributed by atoms with E-state index in [1.165, 1.54) is 0 Å². The average molecular weight is 251 g/mol. The number of rotatable bonds is 4. The molecule has 0 spiro atoms. The third-order valence-corrected chi connectivity index (χ3v) is 3.69. The molecule has 0 aromatic carbocycles. The van der Waals surface area contributed by atoms with Crippen molar-refractivity contribution in [2.45, 2.75) is 56.7 Å². The minimum atomic E-state index is -4.24. The van der Waals surface area contributed by atoms with Crippen LogP contribution < -0.4 is 0 Å². The largest absolute Gasteiger partial charge is 0.389 e. The van der Waals surface area contributed by atoms with Crippen LogP contribution >= 0.6 is 0 Å². The second kappa shape index (κ2) is 5.38. The average Bonchev–Trinajstić information content (AvgIpc) is 2.25. The summed E-state index contributed by atoms with van der Waals surface area (Å²) in [6, 6.07) is 0. The van der Waals surface area contributed by atoms with Gasteiger partial charge in [0.15, 0.2) is 5.78 Å². The summed E-state index contributed by atoms with van der Waals surface area (Å²) in [6.45, 7) is 0. The van der Waals surface area contributed by atoms with E-state index in [-0.39, 0.29) is 12.2 Å². The van der Waals surface area contributed by atoms with Crippen LogP contribution in [0.3, 0.4) is 0 Å². The number of alkyl halides is 3. The number of likely N-dealkylation sites (N-methyl/N-ethyl adjacent to an activating group) is 1. The van der Waals surface area contributed by atoms with Crippen LogP contribution in [-0.2, 0) is 4.79 Å². The van der Waals surface area contributed by atoms with Crippen molar-refractivity contribution in [3.63, 3.8) is 0 Å². The lowest BCUT2D eigenvalue weighted by Crippen LogP contribution is -2.52. The third kappa shape index (κ3) is 3.69. The summed E-state index contributed by atoms with van der Waals surface area (Å²) in [7, 11) is 3.58. The fourth-order valence-corrected chi connectivity index (χ4v) is 2.60. The topological polar surface area (TPSA) is 20.3 Å². The van der Waals surface area contributed by atoms with E-state index in [0.29, 0.717) is 12.8 Å². The first kappa shape index (κ1) is 14.5. The van der Waals surface area contributed by atoms with Gasteiger partial charge in [-0.05, 0) is 26.9 Å². The Morgan fingerprint density at radius 3 is 2.12 bits per heavy atom. The van der Waals surface area contributed by atoms with Gasteiger partial charge in [0.1, 0.15) is 0 Å². The molecule has 1 saturated carbocycles. The van der Waals surface area contributed by atoms with E-state index >= 15 is 0 Å². The summed E-state index contributed by atoms with van der Waals surface area (Å²) in [5.41, 5.74) is -0.649. The molecule has 0 saturated heterocycles. The van der Waals surface area contributed by atoms with E-state index in [4.69, 9.17) is 0 Å². The summed E-state index contributed by atoms with van der Waals surface area (Å²) >= 11 is 0. The monoisotopic (exact) mass is 251 g/mol. The molecule has 17 heavy (non-hydrogen) atoms. The molecule has 2 nitrogen and oxygen atoms in total. The van der Waals surface area contributed by atoms with Gasteiger partial charge in [0.2, 0.25) is 0 Å². The molecule has 5 heteroatoms. The smallest absolute Gasteiger partial charge is 0.298 e. The Kier molecular flexibility index (Phi) is 4.58. The van der Waals surface area contributed by atoms with Gasteiger partial charge in [0.05, 0.1) is 12.0 Å². The summed E-state index contributed by atoms with van der Waals surface area (Å²) in [5, 5.41) is 0. The Labute approximate surface area is 100 Å². The van der Waals surface area contributed by atoms with Gasteiger partial charge >= 0.3 is 6.18 Å². The molecule has 100 valence electrons. The van der Waals surface area contributed by atoms with Gasteiger partial charge in [-0.1, -0.05) is 19.3 Å². The number of carbonyl (C=O) groups excluding carboxylic acids is 1. The predicted molar refractivity (Wildman–Crippen MR) is 59.8 cm³/mol. The first-order valence-electron chi connectivity index (χ1n) is 6.05. The molecule has 0 N–H and O–H groups in total. The maximum absolute atomic E-state index is 12.1. The summed E-state index contributed by atoms with van der Waals surface area (Å²) < 4.78 is 36.4. The molecule has 0 amide bonds. The van der Waals surface area contributed by atoms with Gasteiger partial charge in [0.25, 0.3) is 0 Å². The number of halogens is 3. The zero-order valence-corrected chi connectivity index (χ0v) is 10.4. The number of carbonyl (C=O) groups is 1. The fraction of sp³-hybridized carbons (Fsp3) is 0.917. The standard InChI is InChI=1S/C12H20F3NO/c1-16(2)11(7-4-3-5-8-11)10(17)6-9-12(13,14)15/h3-9H2,1-2H3. The molecule has 1 fully saturated rings. The van der Waals surface area contributed by atoms with Crippen LogP contribution in [-0.4, -0.2) is 36.5 Å². The fourth-order valence-electron chi connectivity index (χ4n) is 2.60. The first-order chi connectivity index (χ1) is 7.78. The van der Waals surface area contributed by atoms with Crippen molar-refractivity contribution >= 4 is 5.78 Å². The van der Waals surface area contributed by atoms with Crippen molar-refractivity contribution in [2.24, 2.45) is 0 Å². The third-order valence-electron chi connectivity index (χ3n) is 3.69. The molecule has 0 atom stereocenters. The summed E-state index contributed by atoms with van der Waals surface area (Å²) in [4.78, 5) is 13.9. The molecule has 0 bridgehead atoms. The Morgan fingerprint density at radius 1 is 1.18 bits per heavy atom. The highest BCUT2D eigenvalue weighted by atomic mass is 19.4. The van der Waals surface area contributed by atoms with E-state index in [9.17, 15) is 18.0 Å². The Balaban J connectivity index is 2.67. The molecule has 1 aliphatic rings. The van der Waals surface area contributed by atoms with E-state index in [2.05, 4.69) is 0 Å². The number of nitrogens with zero attached hydrogens (tertiary/aromatic N) is 1. The second-order valence-electron chi connectivity index (χ2n) is 5.03. The molecular formula is C12H20F3NO. The van der Waals surface area contributed by atoms with Crippen LogP contribution in [0.2, 0.25) is 0 Å². The number of ketones is 1. The SMILES string of the molecule is CN(C)C1(C(=O)CCC(F)(F)F)CCCCC1. The van der Waals surface area contributed by atoms with Gasteiger partial charge in [0, 0.05) is 6.42 Å². The van der Waals surface area contributed by atoms with Crippen molar-refractivity contribution in [3.8, 4) is 0 Å². The van der Waals surface area contributed by atoms with Gasteiger partial charge in [-0.25, -0.2) is 0 Å². The van der Waals surface area contributed by atoms with Crippen molar-refractivity contribution in [1.29, 1.82) is 0 Å². The zero-order chi connectivity index (χ0) is 13.1. The highest BCUT2D eigenvalue weighted by Crippen LogP contribution is 2.35. The maximum atomic E-state index is 12.1. The molecule has 0 aliphatic heterocycles. The van der Waals surface area contributed by atoms with Crippen LogP contribution in [0.5, 0.6) is 0 Å². The van der Waals surface area contributed by atoms with Crippen LogP contribution in [0.4, 0.5) is 13.2 Å². The van der Waals surface area contributed by atoms with Crippen molar-refractivity contribution in [2.75, 3.05) is 14.1 Å². The zero-order valence-electron chi connectivity index (χ0n) is 10.4. The Bertz CT molecular complexity index is 267. The van der Waals surface area contributed by atoms with Crippen LogP contribution in [0.1, 0.15) is 44.9 Å². The van der Waals surface area contributed by atoms with Gasteiger partial charge in [-0.2, -0.15) is 13.2 Å². The minimum Gasteiger partial charge on any atom is -0.298 e. The number of hydrogen-bond acceptors (Lipinski definition) is 2. The molecule has 0 aromatic heterocycles. The molecule has 0 unspecified atom stereocenters. The highest BCUT2D eigenvalue weighted by molar-refractivity contribution is 5.88. The summed E-state index contributed by atoms with van der Waals surface area (Å²) in [6.07, 6.45) is -1.32. The van der Waals surface area contributed by atoms with E-state index in [1.54, 1.807) is 14.1 Å². The van der Waals surface area contributed by atoms with Crippen molar-refractivity contribution in [3.05, 3.63) is 0 Å². The number of hydrogen-bond donors (Lipinski definition) is 0. The highest BCUT2D eigenvalue weighted by Gasteiger charge is 2.42. The molecule has 0 heterocycles. The van der Waals surface area contributed by atoms with Gasteiger partial charge in [-0.15, -0.1) is 0 Å². The van der Waals surface area contributed by atoms with Crippen molar-refractivity contribution < 1.29 is 18.0 Å². The Morgan fingerprint density at radius 2 is 1.71 bits per heavy atom. The quantitative estimate of drug-likeness (QED) is 0.765. The Hall–Kier alpha value is -0.580. The molecule has 0 radical (unpaired) electrons. The lowest BCUT2D eigenvalue weighted by atomic mass is 9.76. The molecule has 1 rings (SSSR count). The molecular weight excluding hydrogens is 231 g/mol. The normalized spacial score (nSPS) is 20.6. The van der Waals surface area contributed by atoms with E-state index < -0.39 is 18.1 Å². The van der Waals surface area contributed by atoms with Crippen molar-refractivity contribution in [1.82, 2.24) is 4.90 Å². The van der Waals surface area contributed by atoms with Gasteiger partial charge in [-0.3, -0.25) is 9.69 Å². The predicted octanol–water partition coefficient (Wildman–Crippen LogP) is 3.16. The second-order valence-corrected chi connectivity index (χ2v) is 5.03. The summed E-state index contributed by atoms with van der Waals surface area (Å²) in [5.74, 6) is -0.250. The maximum Gasteiger partial charge on any atom is 0.389 e. The van der Waals surface area contributed by atoms with E-state index in [0.717, 1.165) is 19.3 Å².